The van der Waals surface area contributed by atoms with Crippen molar-refractivity contribution in [2.75, 3.05) is 12.1 Å². The lowest BCUT2D eigenvalue weighted by molar-refractivity contribution is 0.173. The number of fused-ring (bicyclic) bond motifs is 1. The molecular weight excluding hydrogens is 376 g/mol. The third kappa shape index (κ3) is 4.40. The van der Waals surface area contributed by atoms with Gasteiger partial charge in [0.05, 0.1) is 6.04 Å². The number of benzene rings is 3. The van der Waals surface area contributed by atoms with E-state index in [-0.39, 0.29) is 18.9 Å². The van der Waals surface area contributed by atoms with E-state index in [0.717, 1.165) is 34.7 Å². The molecule has 0 saturated heterocycles. The van der Waals surface area contributed by atoms with Crippen LogP contribution in [-0.2, 0) is 13.0 Å². The van der Waals surface area contributed by atoms with Crippen LogP contribution in [0, 0.1) is 0 Å². The van der Waals surface area contributed by atoms with Crippen molar-refractivity contribution in [2.45, 2.75) is 32.9 Å². The molecule has 0 aliphatic carbocycles. The van der Waals surface area contributed by atoms with Gasteiger partial charge in [-0.1, -0.05) is 55.5 Å². The van der Waals surface area contributed by atoms with Gasteiger partial charge in [-0.25, -0.2) is 4.79 Å². The number of amides is 2. The van der Waals surface area contributed by atoms with Gasteiger partial charge in [-0.05, 0) is 54.3 Å². The van der Waals surface area contributed by atoms with Crippen LogP contribution in [0.15, 0.2) is 72.8 Å². The van der Waals surface area contributed by atoms with Crippen molar-refractivity contribution < 1.29 is 14.3 Å². The Kier molecular flexibility index (Phi) is 5.89. The first kappa shape index (κ1) is 19.8. The molecule has 30 heavy (non-hydrogen) atoms. The zero-order chi connectivity index (χ0) is 20.9. The van der Waals surface area contributed by atoms with E-state index in [0.29, 0.717) is 6.54 Å². The van der Waals surface area contributed by atoms with Crippen LogP contribution in [0.3, 0.4) is 0 Å². The molecule has 3 aromatic carbocycles. The summed E-state index contributed by atoms with van der Waals surface area (Å²) in [5.74, 6) is 1.46. The van der Waals surface area contributed by atoms with Gasteiger partial charge in [0.25, 0.3) is 0 Å². The van der Waals surface area contributed by atoms with Gasteiger partial charge in [-0.2, -0.15) is 0 Å². The average molecular weight is 402 g/mol. The number of aryl methyl sites for hydroxylation is 1. The SMILES string of the molecule is CCc1ccc(NC(=O)N(Cc2ccc3c(c2)OCO3)C(C)c2ccccc2)cc1. The summed E-state index contributed by atoms with van der Waals surface area (Å²) in [5.41, 5.74) is 4.09. The van der Waals surface area contributed by atoms with Crippen LogP contribution in [0.5, 0.6) is 11.5 Å². The third-order valence-electron chi connectivity index (χ3n) is 5.41. The Labute approximate surface area is 177 Å². The second-order valence-corrected chi connectivity index (χ2v) is 7.38. The van der Waals surface area contributed by atoms with Crippen LogP contribution in [0.4, 0.5) is 10.5 Å². The van der Waals surface area contributed by atoms with E-state index in [1.54, 1.807) is 0 Å². The van der Waals surface area contributed by atoms with E-state index < -0.39 is 0 Å². The summed E-state index contributed by atoms with van der Waals surface area (Å²) in [6, 6.07) is 23.6. The number of hydrogen-bond acceptors (Lipinski definition) is 3. The van der Waals surface area contributed by atoms with E-state index in [1.165, 1.54) is 5.56 Å². The fourth-order valence-corrected chi connectivity index (χ4v) is 3.55. The summed E-state index contributed by atoms with van der Waals surface area (Å²) in [6.45, 7) is 4.84. The van der Waals surface area contributed by atoms with Gasteiger partial charge in [0.1, 0.15) is 0 Å². The van der Waals surface area contributed by atoms with Gasteiger partial charge < -0.3 is 19.7 Å². The maximum absolute atomic E-state index is 13.3. The van der Waals surface area contributed by atoms with Crippen molar-refractivity contribution in [1.29, 1.82) is 0 Å². The van der Waals surface area contributed by atoms with Gasteiger partial charge in [0.15, 0.2) is 11.5 Å². The Morgan fingerprint density at radius 1 is 0.967 bits per heavy atom. The molecule has 1 unspecified atom stereocenters. The molecule has 0 fully saturated rings. The highest BCUT2D eigenvalue weighted by Gasteiger charge is 2.23. The van der Waals surface area contributed by atoms with Gasteiger partial charge in [0, 0.05) is 12.2 Å². The quantitative estimate of drug-likeness (QED) is 0.569. The highest BCUT2D eigenvalue weighted by Crippen LogP contribution is 2.33. The molecule has 0 saturated carbocycles. The Bertz CT molecular complexity index is 1000. The number of rotatable bonds is 6. The molecule has 1 heterocycles. The van der Waals surface area contributed by atoms with Crippen molar-refractivity contribution in [3.63, 3.8) is 0 Å². The topological polar surface area (TPSA) is 50.8 Å². The lowest BCUT2D eigenvalue weighted by Crippen LogP contribution is -2.36. The first-order chi connectivity index (χ1) is 14.6. The molecule has 1 N–H and O–H groups in total. The number of carbonyl (C=O) groups is 1. The van der Waals surface area contributed by atoms with Crippen LogP contribution >= 0.6 is 0 Å². The number of hydrogen-bond donors (Lipinski definition) is 1. The molecule has 0 radical (unpaired) electrons. The molecular formula is C25H26N2O3. The fourth-order valence-electron chi connectivity index (χ4n) is 3.55. The summed E-state index contributed by atoms with van der Waals surface area (Å²) in [7, 11) is 0. The molecule has 2 amide bonds. The first-order valence-electron chi connectivity index (χ1n) is 10.2. The highest BCUT2D eigenvalue weighted by atomic mass is 16.7. The lowest BCUT2D eigenvalue weighted by atomic mass is 10.1. The number of ether oxygens (including phenoxy) is 2. The van der Waals surface area contributed by atoms with Gasteiger partial charge in [0.2, 0.25) is 6.79 Å². The van der Waals surface area contributed by atoms with Gasteiger partial charge in [-0.3, -0.25) is 0 Å². The van der Waals surface area contributed by atoms with Gasteiger partial charge in [-0.15, -0.1) is 0 Å². The maximum atomic E-state index is 13.3. The van der Waals surface area contributed by atoms with Gasteiger partial charge >= 0.3 is 6.03 Å². The highest BCUT2D eigenvalue weighted by molar-refractivity contribution is 5.89. The number of nitrogens with one attached hydrogen (secondary N) is 1. The second-order valence-electron chi connectivity index (χ2n) is 7.38. The van der Waals surface area contributed by atoms with E-state index >= 15 is 0 Å². The molecule has 3 aromatic rings. The Hall–Kier alpha value is -3.47. The van der Waals surface area contributed by atoms with Crippen LogP contribution in [0.25, 0.3) is 0 Å². The van der Waals surface area contributed by atoms with Crippen molar-refractivity contribution in [1.82, 2.24) is 4.90 Å². The average Bonchev–Trinajstić information content (AvgIpc) is 3.26. The number of carbonyl (C=O) groups excluding carboxylic acids is 1. The maximum Gasteiger partial charge on any atom is 0.322 e. The molecule has 0 bridgehead atoms. The lowest BCUT2D eigenvalue weighted by Gasteiger charge is -2.30. The zero-order valence-electron chi connectivity index (χ0n) is 17.3. The summed E-state index contributed by atoms with van der Waals surface area (Å²) in [5, 5.41) is 3.05. The normalized spacial score (nSPS) is 13.0. The van der Waals surface area contributed by atoms with E-state index in [9.17, 15) is 4.79 Å². The van der Waals surface area contributed by atoms with E-state index in [1.807, 2.05) is 84.6 Å². The molecule has 5 nitrogen and oxygen atoms in total. The van der Waals surface area contributed by atoms with E-state index in [4.69, 9.17) is 9.47 Å². The van der Waals surface area contributed by atoms with Crippen molar-refractivity contribution in [3.8, 4) is 11.5 Å². The minimum absolute atomic E-state index is 0.105. The predicted molar refractivity (Wildman–Crippen MR) is 118 cm³/mol. The smallest absolute Gasteiger partial charge is 0.322 e. The molecule has 4 rings (SSSR count). The van der Waals surface area contributed by atoms with Crippen molar-refractivity contribution >= 4 is 11.7 Å². The number of anilines is 1. The van der Waals surface area contributed by atoms with E-state index in [2.05, 4.69) is 12.2 Å². The molecule has 1 atom stereocenters. The van der Waals surface area contributed by atoms with Crippen LogP contribution in [0.2, 0.25) is 0 Å². The molecule has 0 spiro atoms. The molecule has 154 valence electrons. The Morgan fingerprint density at radius 3 is 2.40 bits per heavy atom. The standard InChI is InChI=1S/C25H26N2O3/c1-3-19-9-12-22(13-10-19)26-25(28)27(18(2)21-7-5-4-6-8-21)16-20-11-14-23-24(15-20)30-17-29-23/h4-15,18H,3,16-17H2,1-2H3,(H,26,28). The summed E-state index contributed by atoms with van der Waals surface area (Å²) >= 11 is 0. The monoisotopic (exact) mass is 402 g/mol. The molecule has 1 aliphatic rings. The minimum atomic E-state index is -0.145. The summed E-state index contributed by atoms with van der Waals surface area (Å²) in [6.07, 6.45) is 0.968. The number of nitrogens with zero attached hydrogens (tertiary/aromatic N) is 1. The van der Waals surface area contributed by atoms with Crippen molar-refractivity contribution in [3.05, 3.63) is 89.5 Å². The Balaban J connectivity index is 1.58. The van der Waals surface area contributed by atoms with Crippen LogP contribution in [-0.4, -0.2) is 17.7 Å². The second kappa shape index (κ2) is 8.91. The fraction of sp³-hybridized carbons (Fsp3) is 0.240. The van der Waals surface area contributed by atoms with Crippen LogP contribution < -0.4 is 14.8 Å². The minimum Gasteiger partial charge on any atom is -0.454 e. The van der Waals surface area contributed by atoms with Crippen molar-refractivity contribution in [2.24, 2.45) is 0 Å². The zero-order valence-corrected chi connectivity index (χ0v) is 17.3. The number of urea groups is 1. The summed E-state index contributed by atoms with van der Waals surface area (Å²) < 4.78 is 10.9. The largest absolute Gasteiger partial charge is 0.454 e. The van der Waals surface area contributed by atoms with Crippen LogP contribution in [0.1, 0.15) is 36.6 Å². The summed E-state index contributed by atoms with van der Waals surface area (Å²) in [4.78, 5) is 15.1. The predicted octanol–water partition coefficient (Wildman–Crippen LogP) is 5.77. The third-order valence-corrected chi connectivity index (χ3v) is 5.41. The molecule has 0 aromatic heterocycles. The molecule has 1 aliphatic heterocycles. The Morgan fingerprint density at radius 2 is 1.67 bits per heavy atom. The first-order valence-corrected chi connectivity index (χ1v) is 10.2. The molecule has 5 heteroatoms.